The molecule has 1 fully saturated rings. The van der Waals surface area contributed by atoms with Gasteiger partial charge >= 0.3 is 6.18 Å². The van der Waals surface area contributed by atoms with Gasteiger partial charge in [0.15, 0.2) is 0 Å². The third-order valence-electron chi connectivity index (χ3n) is 3.15. The second-order valence-electron chi connectivity index (χ2n) is 5.01. The topological polar surface area (TPSA) is 37.0 Å². The lowest BCUT2D eigenvalue weighted by atomic mass is 10.2. The van der Waals surface area contributed by atoms with Crippen LogP contribution in [0.15, 0.2) is 12.1 Å². The normalized spacial score (nSPS) is 22.2. The number of pyridine rings is 1. The molecule has 0 radical (unpaired) electrons. The van der Waals surface area contributed by atoms with E-state index in [4.69, 9.17) is 0 Å². The smallest absolute Gasteiger partial charge is 0.370 e. The Morgan fingerprint density at radius 2 is 1.95 bits per heavy atom. The van der Waals surface area contributed by atoms with Gasteiger partial charge < -0.3 is 10.6 Å². The maximum Gasteiger partial charge on any atom is 0.416 e. The summed E-state index contributed by atoms with van der Waals surface area (Å²) in [6.45, 7) is 4.61. The fraction of sp³-hybridized carbons (Fsp3) is 0.615. The minimum absolute atomic E-state index is 0.245. The lowest BCUT2D eigenvalue weighted by Gasteiger charge is -2.13. The number of rotatable bonds is 5. The zero-order chi connectivity index (χ0) is 14.0. The van der Waals surface area contributed by atoms with Crippen molar-refractivity contribution in [1.29, 1.82) is 0 Å². The Kier molecular flexibility index (Phi) is 3.87. The number of nitrogens with one attached hydrogen (secondary N) is 2. The van der Waals surface area contributed by atoms with Gasteiger partial charge in [-0.25, -0.2) is 4.98 Å². The molecule has 0 saturated heterocycles. The number of halogens is 3. The van der Waals surface area contributed by atoms with Crippen LogP contribution in [0.1, 0.15) is 32.3 Å². The van der Waals surface area contributed by atoms with Crippen LogP contribution in [0, 0.1) is 5.92 Å². The van der Waals surface area contributed by atoms with Crippen molar-refractivity contribution in [3.63, 3.8) is 0 Å². The molecular formula is C13H18F3N3. The van der Waals surface area contributed by atoms with Crippen LogP contribution in [0.25, 0.3) is 0 Å². The standard InChI is InChI=1S/C13H18F3N3/c1-3-4-17-11-6-9(13(14,15)16)7-12(19-11)18-10-5-8(10)2/h6-8,10H,3-5H2,1-2H3,(H2,17,18,19). The molecule has 1 saturated carbocycles. The molecule has 2 unspecified atom stereocenters. The summed E-state index contributed by atoms with van der Waals surface area (Å²) in [4.78, 5) is 4.18. The van der Waals surface area contributed by atoms with E-state index in [0.717, 1.165) is 25.0 Å². The maximum atomic E-state index is 12.8. The highest BCUT2D eigenvalue weighted by Crippen LogP contribution is 2.35. The average molecular weight is 273 g/mol. The van der Waals surface area contributed by atoms with Crippen LogP contribution in [-0.4, -0.2) is 17.6 Å². The van der Waals surface area contributed by atoms with Crippen molar-refractivity contribution in [2.75, 3.05) is 17.2 Å². The SMILES string of the molecule is CCCNc1cc(C(F)(F)F)cc(NC2CC2C)n1. The monoisotopic (exact) mass is 273 g/mol. The van der Waals surface area contributed by atoms with Gasteiger partial charge in [-0.1, -0.05) is 13.8 Å². The van der Waals surface area contributed by atoms with Crippen LogP contribution in [-0.2, 0) is 6.18 Å². The molecular weight excluding hydrogens is 255 g/mol. The van der Waals surface area contributed by atoms with E-state index in [1.165, 1.54) is 0 Å². The molecule has 0 spiro atoms. The molecule has 6 heteroatoms. The molecule has 1 aromatic heterocycles. The number of aromatic nitrogens is 1. The number of hydrogen-bond acceptors (Lipinski definition) is 3. The van der Waals surface area contributed by atoms with E-state index in [1.807, 2.05) is 6.92 Å². The Bertz CT molecular complexity index is 445. The highest BCUT2D eigenvalue weighted by Gasteiger charge is 2.35. The minimum atomic E-state index is -4.35. The summed E-state index contributed by atoms with van der Waals surface area (Å²) in [6.07, 6.45) is -2.53. The molecule has 0 amide bonds. The summed E-state index contributed by atoms with van der Waals surface area (Å²) >= 11 is 0. The largest absolute Gasteiger partial charge is 0.416 e. The molecule has 1 aliphatic carbocycles. The summed E-state index contributed by atoms with van der Waals surface area (Å²) in [7, 11) is 0. The molecule has 106 valence electrons. The number of alkyl halides is 3. The van der Waals surface area contributed by atoms with E-state index in [-0.39, 0.29) is 11.9 Å². The second kappa shape index (κ2) is 5.27. The summed E-state index contributed by atoms with van der Waals surface area (Å²) in [5.74, 6) is 1.07. The fourth-order valence-corrected chi connectivity index (χ4v) is 1.82. The average Bonchev–Trinajstić information content (AvgIpc) is 3.01. The van der Waals surface area contributed by atoms with Crippen molar-refractivity contribution in [1.82, 2.24) is 4.98 Å². The van der Waals surface area contributed by atoms with Crippen molar-refractivity contribution >= 4 is 11.6 Å². The van der Waals surface area contributed by atoms with Gasteiger partial charge in [-0.3, -0.25) is 0 Å². The number of nitrogens with zero attached hydrogens (tertiary/aromatic N) is 1. The predicted molar refractivity (Wildman–Crippen MR) is 69.2 cm³/mol. The van der Waals surface area contributed by atoms with Crippen LogP contribution < -0.4 is 10.6 Å². The van der Waals surface area contributed by atoms with Crippen molar-refractivity contribution in [3.8, 4) is 0 Å². The van der Waals surface area contributed by atoms with Crippen LogP contribution >= 0.6 is 0 Å². The highest BCUT2D eigenvalue weighted by molar-refractivity contribution is 5.50. The fourth-order valence-electron chi connectivity index (χ4n) is 1.82. The molecule has 0 aromatic carbocycles. The molecule has 1 heterocycles. The van der Waals surface area contributed by atoms with Gasteiger partial charge in [-0.05, 0) is 30.9 Å². The highest BCUT2D eigenvalue weighted by atomic mass is 19.4. The van der Waals surface area contributed by atoms with Gasteiger partial charge in [0.05, 0.1) is 5.56 Å². The van der Waals surface area contributed by atoms with Gasteiger partial charge in [0.25, 0.3) is 0 Å². The second-order valence-corrected chi connectivity index (χ2v) is 5.01. The molecule has 3 nitrogen and oxygen atoms in total. The summed E-state index contributed by atoms with van der Waals surface area (Å²) < 4.78 is 38.4. The predicted octanol–water partition coefficient (Wildman–Crippen LogP) is 3.74. The van der Waals surface area contributed by atoms with Gasteiger partial charge in [-0.15, -0.1) is 0 Å². The van der Waals surface area contributed by atoms with E-state index < -0.39 is 11.7 Å². The quantitative estimate of drug-likeness (QED) is 0.858. The molecule has 0 aliphatic heterocycles. The Morgan fingerprint density at radius 3 is 2.47 bits per heavy atom. The third-order valence-corrected chi connectivity index (χ3v) is 3.15. The van der Waals surface area contributed by atoms with E-state index in [0.29, 0.717) is 18.3 Å². The molecule has 1 aromatic rings. The van der Waals surface area contributed by atoms with E-state index in [1.54, 1.807) is 0 Å². The van der Waals surface area contributed by atoms with Gasteiger partial charge in [-0.2, -0.15) is 13.2 Å². The van der Waals surface area contributed by atoms with E-state index in [2.05, 4.69) is 22.5 Å². The van der Waals surface area contributed by atoms with E-state index in [9.17, 15) is 13.2 Å². The summed E-state index contributed by atoms with van der Waals surface area (Å²) in [5.41, 5.74) is -0.670. The molecule has 1 aliphatic rings. The third kappa shape index (κ3) is 3.75. The van der Waals surface area contributed by atoms with Crippen LogP contribution in [0.4, 0.5) is 24.8 Å². The van der Waals surface area contributed by atoms with Crippen molar-refractivity contribution < 1.29 is 13.2 Å². The molecule has 2 atom stereocenters. The van der Waals surface area contributed by atoms with Gasteiger partial charge in [0.2, 0.25) is 0 Å². The first kappa shape index (κ1) is 14.0. The Morgan fingerprint density at radius 1 is 1.32 bits per heavy atom. The number of anilines is 2. The minimum Gasteiger partial charge on any atom is -0.370 e. The number of hydrogen-bond donors (Lipinski definition) is 2. The maximum absolute atomic E-state index is 12.8. The van der Waals surface area contributed by atoms with Crippen LogP contribution in [0.3, 0.4) is 0 Å². The van der Waals surface area contributed by atoms with Gasteiger partial charge in [0.1, 0.15) is 11.6 Å². The molecule has 0 bridgehead atoms. The summed E-state index contributed by atoms with van der Waals surface area (Å²) in [5, 5.41) is 5.94. The first-order valence-electron chi connectivity index (χ1n) is 6.50. The molecule has 2 N–H and O–H groups in total. The summed E-state index contributed by atoms with van der Waals surface area (Å²) in [6, 6.07) is 2.37. The van der Waals surface area contributed by atoms with Gasteiger partial charge in [0, 0.05) is 12.6 Å². The van der Waals surface area contributed by atoms with Crippen molar-refractivity contribution in [3.05, 3.63) is 17.7 Å². The first-order chi connectivity index (χ1) is 8.90. The molecule has 19 heavy (non-hydrogen) atoms. The van der Waals surface area contributed by atoms with Crippen LogP contribution in [0.5, 0.6) is 0 Å². The van der Waals surface area contributed by atoms with Crippen molar-refractivity contribution in [2.24, 2.45) is 5.92 Å². The van der Waals surface area contributed by atoms with Crippen LogP contribution in [0.2, 0.25) is 0 Å². The lowest BCUT2D eigenvalue weighted by molar-refractivity contribution is -0.137. The Hall–Kier alpha value is -1.46. The lowest BCUT2D eigenvalue weighted by Crippen LogP contribution is -2.12. The first-order valence-corrected chi connectivity index (χ1v) is 6.50. The van der Waals surface area contributed by atoms with E-state index >= 15 is 0 Å². The Balaban J connectivity index is 2.20. The molecule has 2 rings (SSSR count). The Labute approximate surface area is 110 Å². The zero-order valence-electron chi connectivity index (χ0n) is 11.0. The zero-order valence-corrected chi connectivity index (χ0v) is 11.0. The van der Waals surface area contributed by atoms with Crippen molar-refractivity contribution in [2.45, 2.75) is 38.9 Å².